The summed E-state index contributed by atoms with van der Waals surface area (Å²) in [7, 11) is 0. The normalized spacial score (nSPS) is 13.7. The molecule has 0 atom stereocenters. The van der Waals surface area contributed by atoms with Crippen LogP contribution in [0.2, 0.25) is 0 Å². The lowest BCUT2D eigenvalue weighted by atomic mass is 10.1. The van der Waals surface area contributed by atoms with E-state index in [0.717, 1.165) is 35.5 Å². The molecule has 6 heteroatoms. The lowest BCUT2D eigenvalue weighted by Gasteiger charge is -2.09. The van der Waals surface area contributed by atoms with Crippen molar-refractivity contribution < 1.29 is 4.79 Å². The van der Waals surface area contributed by atoms with Crippen molar-refractivity contribution in [2.45, 2.75) is 32.7 Å². The monoisotopic (exact) mass is 333 g/mol. The van der Waals surface area contributed by atoms with Gasteiger partial charge in [0.15, 0.2) is 5.82 Å². The van der Waals surface area contributed by atoms with Gasteiger partial charge < -0.3 is 5.32 Å². The Morgan fingerprint density at radius 2 is 1.96 bits per heavy atom. The van der Waals surface area contributed by atoms with Crippen molar-refractivity contribution in [1.29, 1.82) is 0 Å². The number of nitrogens with one attached hydrogen (secondary N) is 1. The highest BCUT2D eigenvalue weighted by molar-refractivity contribution is 6.04. The molecule has 1 fully saturated rings. The van der Waals surface area contributed by atoms with Crippen molar-refractivity contribution in [3.63, 3.8) is 0 Å². The average Bonchev–Trinajstić information content (AvgIpc) is 3.34. The second-order valence-electron chi connectivity index (χ2n) is 6.51. The Morgan fingerprint density at radius 3 is 2.72 bits per heavy atom. The van der Waals surface area contributed by atoms with Gasteiger partial charge in [0.25, 0.3) is 5.91 Å². The lowest BCUT2D eigenvalue weighted by Crippen LogP contribution is -2.12. The van der Waals surface area contributed by atoms with Crippen LogP contribution in [0.1, 0.15) is 40.4 Å². The molecule has 1 N–H and O–H groups in total. The summed E-state index contributed by atoms with van der Waals surface area (Å²) in [6.07, 6.45) is 2.22. The zero-order valence-electron chi connectivity index (χ0n) is 14.2. The number of hydrogen-bond acceptors (Lipinski definition) is 4. The van der Waals surface area contributed by atoms with Crippen LogP contribution in [0.25, 0.3) is 11.4 Å². The number of nitrogens with zero attached hydrogens (tertiary/aromatic N) is 4. The molecule has 2 aromatic carbocycles. The SMILES string of the molecule is Cc1ccc(C(=O)Nc2cccc(-c3nnnn3C3CC3)c2)cc1C. The molecule has 0 aliphatic heterocycles. The fourth-order valence-corrected chi connectivity index (χ4v) is 2.77. The van der Waals surface area contributed by atoms with E-state index in [-0.39, 0.29) is 5.91 Å². The number of hydrogen-bond donors (Lipinski definition) is 1. The van der Waals surface area contributed by atoms with Crippen molar-refractivity contribution in [2.75, 3.05) is 5.32 Å². The van der Waals surface area contributed by atoms with E-state index in [1.54, 1.807) is 0 Å². The van der Waals surface area contributed by atoms with Gasteiger partial charge in [-0.2, -0.15) is 0 Å². The van der Waals surface area contributed by atoms with E-state index in [1.807, 2.05) is 61.0 Å². The van der Waals surface area contributed by atoms with Crippen molar-refractivity contribution in [2.24, 2.45) is 0 Å². The first-order chi connectivity index (χ1) is 12.1. The Morgan fingerprint density at radius 1 is 1.12 bits per heavy atom. The molecule has 0 spiro atoms. The van der Waals surface area contributed by atoms with Crippen LogP contribution in [0.3, 0.4) is 0 Å². The maximum atomic E-state index is 12.5. The highest BCUT2D eigenvalue weighted by atomic mass is 16.1. The van der Waals surface area contributed by atoms with Gasteiger partial charge in [-0.1, -0.05) is 18.2 Å². The Bertz CT molecular complexity index is 942. The van der Waals surface area contributed by atoms with Crippen LogP contribution in [0.15, 0.2) is 42.5 Å². The van der Waals surface area contributed by atoms with E-state index in [2.05, 4.69) is 20.8 Å². The fourth-order valence-electron chi connectivity index (χ4n) is 2.77. The van der Waals surface area contributed by atoms with Gasteiger partial charge in [-0.3, -0.25) is 4.79 Å². The van der Waals surface area contributed by atoms with Crippen molar-refractivity contribution in [3.8, 4) is 11.4 Å². The smallest absolute Gasteiger partial charge is 0.255 e. The number of amides is 1. The van der Waals surface area contributed by atoms with Crippen molar-refractivity contribution in [1.82, 2.24) is 20.2 Å². The molecule has 4 rings (SSSR count). The summed E-state index contributed by atoms with van der Waals surface area (Å²) in [4.78, 5) is 12.5. The predicted molar refractivity (Wildman–Crippen MR) is 95.4 cm³/mol. The van der Waals surface area contributed by atoms with Gasteiger partial charge in [-0.15, -0.1) is 5.10 Å². The standard InChI is InChI=1S/C19H19N5O/c1-12-6-7-15(10-13(12)2)19(25)20-16-5-3-4-14(11-16)18-21-22-23-24(18)17-8-9-17/h3-7,10-11,17H,8-9H2,1-2H3,(H,20,25). The summed E-state index contributed by atoms with van der Waals surface area (Å²) in [5, 5.41) is 15.0. The molecule has 0 bridgehead atoms. The maximum absolute atomic E-state index is 12.5. The molecule has 0 unspecified atom stereocenters. The first-order valence-electron chi connectivity index (χ1n) is 8.39. The second kappa shape index (κ2) is 6.12. The molecule has 6 nitrogen and oxygen atoms in total. The molecule has 1 aliphatic carbocycles. The zero-order valence-corrected chi connectivity index (χ0v) is 14.2. The third-order valence-electron chi connectivity index (χ3n) is 4.53. The molecule has 1 heterocycles. The van der Waals surface area contributed by atoms with Crippen LogP contribution in [-0.4, -0.2) is 26.1 Å². The van der Waals surface area contributed by atoms with Crippen LogP contribution in [0.5, 0.6) is 0 Å². The molecule has 126 valence electrons. The minimum atomic E-state index is -0.123. The molecule has 1 aliphatic rings. The summed E-state index contributed by atoms with van der Waals surface area (Å²) >= 11 is 0. The summed E-state index contributed by atoms with van der Waals surface area (Å²) in [6.45, 7) is 4.04. The Kier molecular flexibility index (Phi) is 3.80. The van der Waals surface area contributed by atoms with Gasteiger partial charge in [0.05, 0.1) is 6.04 Å². The number of rotatable bonds is 4. The highest BCUT2D eigenvalue weighted by Gasteiger charge is 2.28. The number of carbonyl (C=O) groups is 1. The number of anilines is 1. The maximum Gasteiger partial charge on any atom is 0.255 e. The molecule has 3 aromatic rings. The van der Waals surface area contributed by atoms with E-state index in [9.17, 15) is 4.79 Å². The summed E-state index contributed by atoms with van der Waals surface area (Å²) in [5.74, 6) is 0.617. The molecule has 1 amide bonds. The van der Waals surface area contributed by atoms with E-state index >= 15 is 0 Å². The molecule has 0 saturated heterocycles. The van der Waals surface area contributed by atoms with Crippen molar-refractivity contribution >= 4 is 11.6 Å². The van der Waals surface area contributed by atoms with Gasteiger partial charge in [0.1, 0.15) is 0 Å². The number of aryl methyl sites for hydroxylation is 2. The number of tetrazole rings is 1. The minimum Gasteiger partial charge on any atom is -0.322 e. The van der Waals surface area contributed by atoms with Crippen LogP contribution in [0, 0.1) is 13.8 Å². The highest BCUT2D eigenvalue weighted by Crippen LogP contribution is 2.36. The number of carbonyl (C=O) groups excluding carboxylic acids is 1. The van der Waals surface area contributed by atoms with Crippen molar-refractivity contribution in [3.05, 3.63) is 59.2 Å². The van der Waals surface area contributed by atoms with Gasteiger partial charge in [-0.05, 0) is 72.5 Å². The summed E-state index contributed by atoms with van der Waals surface area (Å²) in [6, 6.07) is 13.7. The fraction of sp³-hybridized carbons (Fsp3) is 0.263. The minimum absolute atomic E-state index is 0.123. The predicted octanol–water partition coefficient (Wildman–Crippen LogP) is 3.54. The molecule has 25 heavy (non-hydrogen) atoms. The van der Waals surface area contributed by atoms with Gasteiger partial charge in [0, 0.05) is 16.8 Å². The molecular weight excluding hydrogens is 314 g/mol. The Hall–Kier alpha value is -3.02. The Labute approximate surface area is 145 Å². The number of aromatic nitrogens is 4. The molecule has 0 radical (unpaired) electrons. The first-order valence-corrected chi connectivity index (χ1v) is 8.39. The quantitative estimate of drug-likeness (QED) is 0.792. The van der Waals surface area contributed by atoms with Crippen LogP contribution >= 0.6 is 0 Å². The molecular formula is C19H19N5O. The zero-order chi connectivity index (χ0) is 17.4. The third kappa shape index (κ3) is 3.15. The molecule has 1 aromatic heterocycles. The van der Waals surface area contributed by atoms with E-state index < -0.39 is 0 Å². The second-order valence-corrected chi connectivity index (χ2v) is 6.51. The average molecular weight is 333 g/mol. The van der Waals surface area contributed by atoms with Gasteiger partial charge in [-0.25, -0.2) is 4.68 Å². The Balaban J connectivity index is 1.58. The van der Waals surface area contributed by atoms with E-state index in [4.69, 9.17) is 0 Å². The summed E-state index contributed by atoms with van der Waals surface area (Å²) < 4.78 is 1.87. The molecule has 1 saturated carbocycles. The van der Waals surface area contributed by atoms with Crippen LogP contribution in [0.4, 0.5) is 5.69 Å². The third-order valence-corrected chi connectivity index (χ3v) is 4.53. The topological polar surface area (TPSA) is 72.7 Å². The first kappa shape index (κ1) is 15.5. The number of benzene rings is 2. The lowest BCUT2D eigenvalue weighted by molar-refractivity contribution is 0.102. The van der Waals surface area contributed by atoms with Gasteiger partial charge in [0.2, 0.25) is 0 Å². The van der Waals surface area contributed by atoms with Crippen LogP contribution < -0.4 is 5.32 Å². The van der Waals surface area contributed by atoms with Crippen LogP contribution in [-0.2, 0) is 0 Å². The van der Waals surface area contributed by atoms with Gasteiger partial charge >= 0.3 is 0 Å². The van der Waals surface area contributed by atoms with E-state index in [1.165, 1.54) is 5.56 Å². The van der Waals surface area contributed by atoms with E-state index in [0.29, 0.717) is 11.6 Å². The largest absolute Gasteiger partial charge is 0.322 e. The summed E-state index contributed by atoms with van der Waals surface area (Å²) in [5.41, 5.74) is 4.55.